The number of nitrogens with one attached hydrogen (secondary N) is 1. The Balaban J connectivity index is 1.63. The minimum Gasteiger partial charge on any atom is -0.325 e. The minimum absolute atomic E-state index is 0.00707. The van der Waals surface area contributed by atoms with Crippen molar-refractivity contribution in [1.29, 1.82) is 0 Å². The summed E-state index contributed by atoms with van der Waals surface area (Å²) in [6.07, 6.45) is 7.95. The molecule has 4 aliphatic rings. The molecule has 6 nitrogen and oxygen atoms in total. The molecule has 0 unspecified atom stereocenters. The second-order valence-electron chi connectivity index (χ2n) is 7.07. The zero-order chi connectivity index (χ0) is 17.3. The number of urea groups is 1. The number of hydrogen-bond donors (Lipinski definition) is 1. The molecule has 4 rings (SSSR count). The van der Waals surface area contributed by atoms with Crippen molar-refractivity contribution in [2.45, 2.75) is 39.5 Å². The van der Waals surface area contributed by atoms with Crippen molar-refractivity contribution in [2.75, 3.05) is 19.8 Å². The summed E-state index contributed by atoms with van der Waals surface area (Å²) < 4.78 is 0. The lowest BCUT2D eigenvalue weighted by atomic mass is 9.63. The molecule has 3 aliphatic carbocycles. The highest BCUT2D eigenvalue weighted by atomic mass is 16.2. The van der Waals surface area contributed by atoms with Crippen LogP contribution in [0.1, 0.15) is 39.5 Å². The standard InChI is InChI=1S/C18H27N3O3/c1-3-9-20(10-4-2)18(24)19-11-21-16(22)14-12-5-6-13(8-7-12)15(14)17(21)23/h5-6,12-15H,3-4,7-11H2,1-2H3,(H,19,24)/t12-,13-,14-,15+/m0/s1. The molecule has 2 fully saturated rings. The van der Waals surface area contributed by atoms with E-state index in [1.165, 1.54) is 4.90 Å². The predicted molar refractivity (Wildman–Crippen MR) is 89.7 cm³/mol. The number of likely N-dealkylation sites (tertiary alicyclic amines) is 1. The third kappa shape index (κ3) is 2.82. The number of fused-ring (bicyclic) bond motifs is 1. The van der Waals surface area contributed by atoms with Gasteiger partial charge in [-0.25, -0.2) is 4.79 Å². The van der Waals surface area contributed by atoms with Gasteiger partial charge in [0.15, 0.2) is 0 Å². The van der Waals surface area contributed by atoms with Crippen LogP contribution in [-0.2, 0) is 9.59 Å². The number of amides is 4. The monoisotopic (exact) mass is 333 g/mol. The van der Waals surface area contributed by atoms with E-state index < -0.39 is 0 Å². The number of allylic oxidation sites excluding steroid dienone is 2. The van der Waals surface area contributed by atoms with E-state index in [0.29, 0.717) is 13.1 Å². The summed E-state index contributed by atoms with van der Waals surface area (Å²) in [5, 5.41) is 2.77. The van der Waals surface area contributed by atoms with Gasteiger partial charge in [0.25, 0.3) is 0 Å². The summed E-state index contributed by atoms with van der Waals surface area (Å²) in [4.78, 5) is 40.7. The highest BCUT2D eigenvalue weighted by Crippen LogP contribution is 2.49. The molecule has 4 atom stereocenters. The molecule has 1 aliphatic heterocycles. The average molecular weight is 333 g/mol. The first-order chi connectivity index (χ1) is 11.6. The third-order valence-corrected chi connectivity index (χ3v) is 5.51. The van der Waals surface area contributed by atoms with Crippen molar-refractivity contribution in [3.05, 3.63) is 12.2 Å². The van der Waals surface area contributed by atoms with Crippen molar-refractivity contribution >= 4 is 17.8 Å². The van der Waals surface area contributed by atoms with Crippen LogP contribution in [0.25, 0.3) is 0 Å². The van der Waals surface area contributed by atoms with Gasteiger partial charge in [-0.2, -0.15) is 0 Å². The fourth-order valence-electron chi connectivity index (χ4n) is 4.40. The molecule has 1 N–H and O–H groups in total. The third-order valence-electron chi connectivity index (χ3n) is 5.51. The first kappa shape index (κ1) is 17.0. The molecular formula is C18H27N3O3. The number of rotatable bonds is 6. The lowest BCUT2D eigenvalue weighted by Crippen LogP contribution is -2.47. The predicted octanol–water partition coefficient (Wildman–Crippen LogP) is 1.97. The Morgan fingerprint density at radius 2 is 1.58 bits per heavy atom. The van der Waals surface area contributed by atoms with Crippen LogP contribution in [0.3, 0.4) is 0 Å². The van der Waals surface area contributed by atoms with E-state index in [4.69, 9.17) is 0 Å². The maximum atomic E-state index is 12.7. The summed E-state index contributed by atoms with van der Waals surface area (Å²) in [7, 11) is 0. The lowest BCUT2D eigenvalue weighted by Gasteiger charge is -2.38. The van der Waals surface area contributed by atoms with Gasteiger partial charge in [-0.05, 0) is 37.5 Å². The van der Waals surface area contributed by atoms with Crippen LogP contribution in [0.15, 0.2) is 12.2 Å². The summed E-state index contributed by atoms with van der Waals surface area (Å²) in [6.45, 7) is 5.41. The Hall–Kier alpha value is -1.85. The quantitative estimate of drug-likeness (QED) is 0.597. The molecule has 24 heavy (non-hydrogen) atoms. The first-order valence-corrected chi connectivity index (χ1v) is 9.14. The van der Waals surface area contributed by atoms with Crippen LogP contribution in [0.5, 0.6) is 0 Å². The van der Waals surface area contributed by atoms with Gasteiger partial charge in [-0.3, -0.25) is 14.5 Å². The Morgan fingerprint density at radius 1 is 1.08 bits per heavy atom. The van der Waals surface area contributed by atoms with Gasteiger partial charge in [0.2, 0.25) is 11.8 Å². The lowest BCUT2D eigenvalue weighted by molar-refractivity contribution is -0.140. The van der Waals surface area contributed by atoms with Gasteiger partial charge in [-0.1, -0.05) is 26.0 Å². The maximum absolute atomic E-state index is 12.7. The van der Waals surface area contributed by atoms with Crippen molar-refractivity contribution in [3.63, 3.8) is 0 Å². The van der Waals surface area contributed by atoms with Gasteiger partial charge in [0, 0.05) is 13.1 Å². The van der Waals surface area contributed by atoms with Gasteiger partial charge >= 0.3 is 6.03 Å². The van der Waals surface area contributed by atoms with Crippen LogP contribution < -0.4 is 5.32 Å². The summed E-state index contributed by atoms with van der Waals surface area (Å²) >= 11 is 0. The van der Waals surface area contributed by atoms with E-state index in [-0.39, 0.29) is 48.2 Å². The average Bonchev–Trinajstić information content (AvgIpc) is 2.87. The molecule has 132 valence electrons. The number of imide groups is 1. The van der Waals surface area contributed by atoms with E-state index >= 15 is 0 Å². The Labute approximate surface area is 143 Å². The molecule has 0 aromatic heterocycles. The highest BCUT2D eigenvalue weighted by molar-refractivity contribution is 6.06. The summed E-state index contributed by atoms with van der Waals surface area (Å²) in [5.41, 5.74) is 0. The molecule has 0 aromatic rings. The van der Waals surface area contributed by atoms with Crippen molar-refractivity contribution in [2.24, 2.45) is 23.7 Å². The molecule has 1 heterocycles. The van der Waals surface area contributed by atoms with Crippen molar-refractivity contribution in [1.82, 2.24) is 15.1 Å². The van der Waals surface area contributed by atoms with E-state index in [1.807, 2.05) is 13.8 Å². The molecule has 1 saturated heterocycles. The minimum atomic E-state index is -0.208. The molecule has 1 saturated carbocycles. The number of hydrogen-bond acceptors (Lipinski definition) is 3. The van der Waals surface area contributed by atoms with E-state index in [0.717, 1.165) is 25.7 Å². The fourth-order valence-corrected chi connectivity index (χ4v) is 4.40. The Morgan fingerprint density at radius 3 is 2.00 bits per heavy atom. The normalized spacial score (nSPS) is 30.7. The zero-order valence-corrected chi connectivity index (χ0v) is 14.5. The summed E-state index contributed by atoms with van der Waals surface area (Å²) in [5.74, 6) is -0.257. The Kier molecular flexibility index (Phi) is 4.92. The van der Waals surface area contributed by atoms with Crippen molar-refractivity contribution < 1.29 is 14.4 Å². The van der Waals surface area contributed by atoms with Crippen LogP contribution in [-0.4, -0.2) is 47.4 Å². The number of carbonyl (C=O) groups excluding carboxylic acids is 3. The summed E-state index contributed by atoms with van der Waals surface area (Å²) in [6, 6.07) is -0.199. The number of nitrogens with zero attached hydrogens (tertiary/aromatic N) is 2. The number of carbonyl (C=O) groups is 3. The molecule has 0 spiro atoms. The van der Waals surface area contributed by atoms with Crippen LogP contribution >= 0.6 is 0 Å². The zero-order valence-electron chi connectivity index (χ0n) is 14.5. The van der Waals surface area contributed by atoms with E-state index in [9.17, 15) is 14.4 Å². The molecular weight excluding hydrogens is 306 g/mol. The molecule has 6 heteroatoms. The van der Waals surface area contributed by atoms with Crippen LogP contribution in [0.4, 0.5) is 4.79 Å². The SMILES string of the molecule is CCCN(CCC)C(=O)NCN1C(=O)[C@@H]2[C@H](C1=O)[C@H]1C=C[C@H]2CC1. The van der Waals surface area contributed by atoms with Crippen LogP contribution in [0.2, 0.25) is 0 Å². The van der Waals surface area contributed by atoms with E-state index in [1.54, 1.807) is 4.90 Å². The molecule has 2 bridgehead atoms. The molecule has 0 radical (unpaired) electrons. The molecule has 4 amide bonds. The highest BCUT2D eigenvalue weighted by Gasteiger charge is 2.56. The topological polar surface area (TPSA) is 69.7 Å². The van der Waals surface area contributed by atoms with Gasteiger partial charge < -0.3 is 10.2 Å². The fraction of sp³-hybridized carbons (Fsp3) is 0.722. The molecule has 0 aromatic carbocycles. The van der Waals surface area contributed by atoms with Gasteiger partial charge in [0.05, 0.1) is 11.8 Å². The first-order valence-electron chi connectivity index (χ1n) is 9.14. The largest absolute Gasteiger partial charge is 0.325 e. The smallest absolute Gasteiger partial charge is 0.318 e. The van der Waals surface area contributed by atoms with Crippen molar-refractivity contribution in [3.8, 4) is 0 Å². The maximum Gasteiger partial charge on any atom is 0.318 e. The van der Waals surface area contributed by atoms with Gasteiger partial charge in [0.1, 0.15) is 6.67 Å². The Bertz CT molecular complexity index is 522. The second-order valence-corrected chi connectivity index (χ2v) is 7.07. The van der Waals surface area contributed by atoms with Gasteiger partial charge in [-0.15, -0.1) is 0 Å². The van der Waals surface area contributed by atoms with E-state index in [2.05, 4.69) is 17.5 Å². The second kappa shape index (κ2) is 6.95. The van der Waals surface area contributed by atoms with Crippen LogP contribution in [0, 0.1) is 23.7 Å².